The van der Waals surface area contributed by atoms with Gasteiger partial charge in [0.2, 0.25) is 5.91 Å². The van der Waals surface area contributed by atoms with Crippen LogP contribution in [0.1, 0.15) is 17.0 Å². The lowest BCUT2D eigenvalue weighted by Gasteiger charge is -2.11. The maximum Gasteiger partial charge on any atom is 0.417 e. The molecule has 4 nitrogen and oxygen atoms in total. The Bertz CT molecular complexity index is 668. The van der Waals surface area contributed by atoms with Crippen molar-refractivity contribution in [3.8, 4) is 0 Å². The number of rotatable bonds is 3. The Morgan fingerprint density at radius 3 is 2.67 bits per heavy atom. The zero-order valence-electron chi connectivity index (χ0n) is 10.8. The predicted octanol–water partition coefficient (Wildman–Crippen LogP) is 3.84. The summed E-state index contributed by atoms with van der Waals surface area (Å²) < 4.78 is 42.9. The van der Waals surface area contributed by atoms with Gasteiger partial charge in [-0.25, -0.2) is 0 Å². The first-order valence-corrected chi connectivity index (χ1v) is 6.22. The number of nitrogens with one attached hydrogen (secondary N) is 1. The molecule has 1 N–H and O–H groups in total. The van der Waals surface area contributed by atoms with Gasteiger partial charge in [-0.2, -0.15) is 13.2 Å². The van der Waals surface area contributed by atoms with Crippen LogP contribution < -0.4 is 5.32 Å². The minimum Gasteiger partial charge on any atom is -0.361 e. The Kier molecular flexibility index (Phi) is 4.22. The van der Waals surface area contributed by atoms with E-state index in [0.29, 0.717) is 11.5 Å². The number of anilines is 1. The lowest BCUT2D eigenvalue weighted by atomic mass is 10.2. The van der Waals surface area contributed by atoms with Crippen LogP contribution in [0.3, 0.4) is 0 Å². The summed E-state index contributed by atoms with van der Waals surface area (Å²) in [5, 5.41) is 5.57. The number of aryl methyl sites for hydroxylation is 1. The molecule has 0 atom stereocenters. The highest BCUT2D eigenvalue weighted by atomic mass is 35.5. The van der Waals surface area contributed by atoms with Gasteiger partial charge in [-0.05, 0) is 25.1 Å². The van der Waals surface area contributed by atoms with Crippen molar-refractivity contribution in [1.29, 1.82) is 0 Å². The van der Waals surface area contributed by atoms with Crippen LogP contribution in [-0.2, 0) is 17.4 Å². The topological polar surface area (TPSA) is 55.1 Å². The predicted molar refractivity (Wildman–Crippen MR) is 70.0 cm³/mol. The Hall–Kier alpha value is -2.02. The van der Waals surface area contributed by atoms with Crippen molar-refractivity contribution in [1.82, 2.24) is 5.16 Å². The number of halogens is 4. The fraction of sp³-hybridized carbons (Fsp3) is 0.231. The molecule has 112 valence electrons. The first kappa shape index (κ1) is 15.4. The molecule has 2 rings (SSSR count). The highest BCUT2D eigenvalue weighted by Gasteiger charge is 2.33. The van der Waals surface area contributed by atoms with E-state index in [0.717, 1.165) is 12.1 Å². The van der Waals surface area contributed by atoms with E-state index in [9.17, 15) is 18.0 Å². The third-order valence-electron chi connectivity index (χ3n) is 2.57. The number of carbonyl (C=O) groups is 1. The SMILES string of the molecule is Cc1cc(CC(=O)Nc2ccc(Cl)c(C(F)(F)F)c2)no1. The van der Waals surface area contributed by atoms with Crippen LogP contribution in [0, 0.1) is 6.92 Å². The number of hydrogen-bond donors (Lipinski definition) is 1. The summed E-state index contributed by atoms with van der Waals surface area (Å²) in [5.41, 5.74) is -0.591. The van der Waals surface area contributed by atoms with Gasteiger partial charge < -0.3 is 9.84 Å². The van der Waals surface area contributed by atoms with E-state index < -0.39 is 22.7 Å². The first-order valence-electron chi connectivity index (χ1n) is 5.84. The van der Waals surface area contributed by atoms with Crippen molar-refractivity contribution in [2.24, 2.45) is 0 Å². The Labute approximate surface area is 122 Å². The minimum absolute atomic E-state index is 0.0111. The van der Waals surface area contributed by atoms with Gasteiger partial charge in [0.05, 0.1) is 22.7 Å². The molecule has 0 saturated heterocycles. The molecule has 8 heteroatoms. The van der Waals surface area contributed by atoms with E-state index in [4.69, 9.17) is 16.1 Å². The van der Waals surface area contributed by atoms with Crippen molar-refractivity contribution < 1.29 is 22.5 Å². The number of alkyl halides is 3. The number of amides is 1. The zero-order chi connectivity index (χ0) is 15.6. The fourth-order valence-corrected chi connectivity index (χ4v) is 1.92. The van der Waals surface area contributed by atoms with E-state index in [1.54, 1.807) is 13.0 Å². The molecule has 2 aromatic rings. The summed E-state index contributed by atoms with van der Waals surface area (Å²) in [5.74, 6) is 0.0439. The largest absolute Gasteiger partial charge is 0.417 e. The molecule has 0 aliphatic rings. The maximum atomic E-state index is 12.7. The fourth-order valence-electron chi connectivity index (χ4n) is 1.69. The summed E-state index contributed by atoms with van der Waals surface area (Å²) in [6.45, 7) is 1.67. The molecule has 1 aromatic heterocycles. The van der Waals surface area contributed by atoms with Gasteiger partial charge in [-0.3, -0.25) is 4.79 Å². The molecule has 1 heterocycles. The monoisotopic (exact) mass is 318 g/mol. The average Bonchev–Trinajstić information content (AvgIpc) is 2.75. The van der Waals surface area contributed by atoms with E-state index in [1.807, 2.05) is 0 Å². The number of hydrogen-bond acceptors (Lipinski definition) is 3. The van der Waals surface area contributed by atoms with Gasteiger partial charge in [0.15, 0.2) is 0 Å². The van der Waals surface area contributed by atoms with Crippen LogP contribution in [0.25, 0.3) is 0 Å². The molecule has 0 fully saturated rings. The molecule has 0 bridgehead atoms. The third kappa shape index (κ3) is 3.98. The Morgan fingerprint density at radius 1 is 1.38 bits per heavy atom. The van der Waals surface area contributed by atoms with Crippen molar-refractivity contribution in [2.75, 3.05) is 5.32 Å². The van der Waals surface area contributed by atoms with Gasteiger partial charge in [-0.15, -0.1) is 0 Å². The molecule has 0 aliphatic carbocycles. The molecular formula is C13H10ClF3N2O2. The highest BCUT2D eigenvalue weighted by molar-refractivity contribution is 6.31. The minimum atomic E-state index is -4.58. The number of aromatic nitrogens is 1. The molecule has 21 heavy (non-hydrogen) atoms. The summed E-state index contributed by atoms with van der Waals surface area (Å²) in [7, 11) is 0. The van der Waals surface area contributed by atoms with Crippen LogP contribution in [0.5, 0.6) is 0 Å². The standard InChI is InChI=1S/C13H10ClF3N2O2/c1-7-4-9(19-21-7)6-12(20)18-8-2-3-11(14)10(5-8)13(15,16)17/h2-5H,6H2,1H3,(H,18,20). The van der Waals surface area contributed by atoms with Crippen molar-refractivity contribution in [2.45, 2.75) is 19.5 Å². The van der Waals surface area contributed by atoms with E-state index in [-0.39, 0.29) is 12.1 Å². The van der Waals surface area contributed by atoms with Gasteiger partial charge in [0.1, 0.15) is 5.76 Å². The summed E-state index contributed by atoms with van der Waals surface area (Å²) >= 11 is 5.49. The first-order chi connectivity index (χ1) is 9.75. The quantitative estimate of drug-likeness (QED) is 0.935. The summed E-state index contributed by atoms with van der Waals surface area (Å²) in [6.07, 6.45) is -4.68. The van der Waals surface area contributed by atoms with Crippen LogP contribution in [0.4, 0.5) is 18.9 Å². The second kappa shape index (κ2) is 5.77. The number of carbonyl (C=O) groups excluding carboxylic acids is 1. The third-order valence-corrected chi connectivity index (χ3v) is 2.90. The number of benzene rings is 1. The van der Waals surface area contributed by atoms with Crippen LogP contribution in [0.15, 0.2) is 28.8 Å². The Balaban J connectivity index is 2.11. The van der Waals surface area contributed by atoms with Crippen LogP contribution in [0.2, 0.25) is 5.02 Å². The molecule has 0 unspecified atom stereocenters. The average molecular weight is 319 g/mol. The smallest absolute Gasteiger partial charge is 0.361 e. The molecule has 1 amide bonds. The molecule has 1 aromatic carbocycles. The van der Waals surface area contributed by atoms with E-state index in [1.165, 1.54) is 6.07 Å². The van der Waals surface area contributed by atoms with Crippen LogP contribution >= 0.6 is 11.6 Å². The van der Waals surface area contributed by atoms with Gasteiger partial charge >= 0.3 is 6.18 Å². The highest BCUT2D eigenvalue weighted by Crippen LogP contribution is 2.36. The molecule has 0 spiro atoms. The van der Waals surface area contributed by atoms with E-state index >= 15 is 0 Å². The molecule has 0 saturated carbocycles. The van der Waals surface area contributed by atoms with Gasteiger partial charge in [0, 0.05) is 11.8 Å². The van der Waals surface area contributed by atoms with Gasteiger partial charge in [0.25, 0.3) is 0 Å². The van der Waals surface area contributed by atoms with Crippen molar-refractivity contribution in [3.63, 3.8) is 0 Å². The van der Waals surface area contributed by atoms with Crippen molar-refractivity contribution >= 4 is 23.2 Å². The normalized spacial score (nSPS) is 11.5. The zero-order valence-corrected chi connectivity index (χ0v) is 11.5. The molecule has 0 radical (unpaired) electrons. The lowest BCUT2D eigenvalue weighted by molar-refractivity contribution is -0.137. The van der Waals surface area contributed by atoms with Gasteiger partial charge in [-0.1, -0.05) is 16.8 Å². The lowest BCUT2D eigenvalue weighted by Crippen LogP contribution is -2.15. The van der Waals surface area contributed by atoms with E-state index in [2.05, 4.69) is 10.5 Å². The molecule has 0 aliphatic heterocycles. The second-order valence-electron chi connectivity index (χ2n) is 4.35. The van der Waals surface area contributed by atoms with Crippen molar-refractivity contribution in [3.05, 3.63) is 46.3 Å². The Morgan fingerprint density at radius 2 is 2.10 bits per heavy atom. The summed E-state index contributed by atoms with van der Waals surface area (Å²) in [6, 6.07) is 4.74. The molecular weight excluding hydrogens is 309 g/mol. The number of nitrogens with zero attached hydrogens (tertiary/aromatic N) is 1. The maximum absolute atomic E-state index is 12.7. The second-order valence-corrected chi connectivity index (χ2v) is 4.75. The van der Waals surface area contributed by atoms with Crippen LogP contribution in [-0.4, -0.2) is 11.1 Å². The summed E-state index contributed by atoms with van der Waals surface area (Å²) in [4.78, 5) is 11.7.